The average molecular weight is 502 g/mol. The highest BCUT2D eigenvalue weighted by molar-refractivity contribution is 9.10. The van der Waals surface area contributed by atoms with Crippen LogP contribution in [0.15, 0.2) is 52.1 Å². The van der Waals surface area contributed by atoms with Crippen molar-refractivity contribution in [2.24, 2.45) is 0 Å². The van der Waals surface area contributed by atoms with Crippen molar-refractivity contribution in [2.75, 3.05) is 11.1 Å². The number of carbonyl (C=O) groups is 2. The molecule has 162 valence electrons. The van der Waals surface area contributed by atoms with E-state index < -0.39 is 0 Å². The van der Waals surface area contributed by atoms with Gasteiger partial charge in [0, 0.05) is 22.3 Å². The SMILES string of the molecule is CCn1c(CNC(=O)c2ccccc2C)nnc1SCC(=O)Nc1ccc(Br)cc1C. The van der Waals surface area contributed by atoms with Crippen LogP contribution in [-0.2, 0) is 17.9 Å². The molecule has 7 nitrogen and oxygen atoms in total. The highest BCUT2D eigenvalue weighted by atomic mass is 79.9. The number of aromatic nitrogens is 3. The zero-order valence-corrected chi connectivity index (χ0v) is 20.0. The molecule has 0 saturated carbocycles. The van der Waals surface area contributed by atoms with E-state index in [-0.39, 0.29) is 24.1 Å². The lowest BCUT2D eigenvalue weighted by Crippen LogP contribution is -2.25. The third-order valence-electron chi connectivity index (χ3n) is 4.70. The van der Waals surface area contributed by atoms with Gasteiger partial charge in [-0.2, -0.15) is 0 Å². The molecule has 0 radical (unpaired) electrons. The Morgan fingerprint density at radius 2 is 1.87 bits per heavy atom. The first kappa shape index (κ1) is 23.0. The first-order chi connectivity index (χ1) is 14.9. The molecule has 0 bridgehead atoms. The van der Waals surface area contributed by atoms with Crippen LogP contribution in [0.3, 0.4) is 0 Å². The normalized spacial score (nSPS) is 10.7. The molecule has 0 aliphatic heterocycles. The number of thioether (sulfide) groups is 1. The Hall–Kier alpha value is -2.65. The van der Waals surface area contributed by atoms with E-state index in [9.17, 15) is 9.59 Å². The minimum absolute atomic E-state index is 0.115. The average Bonchev–Trinajstić information content (AvgIpc) is 3.14. The Labute approximate surface area is 194 Å². The molecule has 2 amide bonds. The number of halogens is 1. The van der Waals surface area contributed by atoms with Gasteiger partial charge >= 0.3 is 0 Å². The van der Waals surface area contributed by atoms with Gasteiger partial charge in [0.25, 0.3) is 5.91 Å². The molecule has 0 aliphatic rings. The minimum atomic E-state index is -0.151. The molecule has 31 heavy (non-hydrogen) atoms. The van der Waals surface area contributed by atoms with E-state index in [0.29, 0.717) is 23.1 Å². The lowest BCUT2D eigenvalue weighted by molar-refractivity contribution is -0.113. The van der Waals surface area contributed by atoms with Crippen LogP contribution >= 0.6 is 27.7 Å². The first-order valence-corrected chi connectivity index (χ1v) is 11.6. The summed E-state index contributed by atoms with van der Waals surface area (Å²) in [6, 6.07) is 13.1. The molecule has 0 spiro atoms. The topological polar surface area (TPSA) is 88.9 Å². The summed E-state index contributed by atoms with van der Waals surface area (Å²) in [6.45, 7) is 6.72. The fourth-order valence-corrected chi connectivity index (χ4v) is 4.34. The quantitative estimate of drug-likeness (QED) is 0.448. The van der Waals surface area contributed by atoms with Crippen LogP contribution in [0.25, 0.3) is 0 Å². The van der Waals surface area contributed by atoms with Crippen molar-refractivity contribution in [1.82, 2.24) is 20.1 Å². The lowest BCUT2D eigenvalue weighted by atomic mass is 10.1. The third-order valence-corrected chi connectivity index (χ3v) is 6.16. The van der Waals surface area contributed by atoms with Gasteiger partial charge < -0.3 is 15.2 Å². The first-order valence-electron chi connectivity index (χ1n) is 9.83. The zero-order valence-electron chi connectivity index (χ0n) is 17.6. The van der Waals surface area contributed by atoms with E-state index in [4.69, 9.17) is 0 Å². The van der Waals surface area contributed by atoms with Gasteiger partial charge in [0.1, 0.15) is 0 Å². The van der Waals surface area contributed by atoms with E-state index in [1.807, 2.05) is 61.7 Å². The number of nitrogens with zero attached hydrogens (tertiary/aromatic N) is 3. The Morgan fingerprint density at radius 1 is 1.10 bits per heavy atom. The molecule has 1 heterocycles. The van der Waals surface area contributed by atoms with Gasteiger partial charge in [0.05, 0.1) is 12.3 Å². The second-order valence-electron chi connectivity index (χ2n) is 6.94. The summed E-state index contributed by atoms with van der Waals surface area (Å²) in [5, 5.41) is 14.9. The van der Waals surface area contributed by atoms with Crippen molar-refractivity contribution in [3.8, 4) is 0 Å². The Balaban J connectivity index is 1.58. The van der Waals surface area contributed by atoms with Crippen molar-refractivity contribution in [2.45, 2.75) is 39.0 Å². The number of rotatable bonds is 8. The maximum absolute atomic E-state index is 12.5. The summed E-state index contributed by atoms with van der Waals surface area (Å²) in [5.41, 5.74) is 3.32. The van der Waals surface area contributed by atoms with Crippen molar-refractivity contribution < 1.29 is 9.59 Å². The standard InChI is InChI=1S/C22H24BrN5O2S/c1-4-28-19(12-24-21(30)17-8-6-5-7-14(17)2)26-27-22(28)31-13-20(29)25-18-10-9-16(23)11-15(18)3/h5-11H,4,12-13H2,1-3H3,(H,24,30)(H,25,29). The van der Waals surface area contributed by atoms with Gasteiger partial charge in [-0.25, -0.2) is 0 Å². The molecule has 2 N–H and O–H groups in total. The zero-order chi connectivity index (χ0) is 22.4. The molecule has 0 aliphatic carbocycles. The minimum Gasteiger partial charge on any atom is -0.345 e. The molecule has 0 saturated heterocycles. The molecule has 1 aromatic heterocycles. The molecule has 0 atom stereocenters. The van der Waals surface area contributed by atoms with Gasteiger partial charge in [-0.1, -0.05) is 45.9 Å². The number of hydrogen-bond donors (Lipinski definition) is 2. The number of hydrogen-bond acceptors (Lipinski definition) is 5. The second-order valence-corrected chi connectivity index (χ2v) is 8.79. The van der Waals surface area contributed by atoms with Crippen LogP contribution in [-0.4, -0.2) is 32.3 Å². The predicted octanol–water partition coefficient (Wildman–Crippen LogP) is 4.34. The number of nitrogens with one attached hydrogen (secondary N) is 2. The summed E-state index contributed by atoms with van der Waals surface area (Å²) >= 11 is 4.74. The molecule has 2 aromatic carbocycles. The lowest BCUT2D eigenvalue weighted by Gasteiger charge is -2.10. The van der Waals surface area contributed by atoms with Crippen LogP contribution in [0.2, 0.25) is 0 Å². The molecule has 3 rings (SSSR count). The van der Waals surface area contributed by atoms with E-state index in [2.05, 4.69) is 36.8 Å². The maximum atomic E-state index is 12.5. The predicted molar refractivity (Wildman–Crippen MR) is 126 cm³/mol. The summed E-state index contributed by atoms with van der Waals surface area (Å²) in [5.74, 6) is 0.595. The van der Waals surface area contributed by atoms with Crippen LogP contribution in [0.5, 0.6) is 0 Å². The van der Waals surface area contributed by atoms with E-state index in [0.717, 1.165) is 21.3 Å². The van der Waals surface area contributed by atoms with Crippen molar-refractivity contribution >= 4 is 45.2 Å². The smallest absolute Gasteiger partial charge is 0.251 e. The Morgan fingerprint density at radius 3 is 2.58 bits per heavy atom. The fourth-order valence-electron chi connectivity index (χ4n) is 3.04. The number of benzene rings is 2. The molecular formula is C22H24BrN5O2S. The summed E-state index contributed by atoms with van der Waals surface area (Å²) < 4.78 is 2.87. The van der Waals surface area contributed by atoms with E-state index >= 15 is 0 Å². The molecule has 9 heteroatoms. The third kappa shape index (κ3) is 5.95. The van der Waals surface area contributed by atoms with Gasteiger partial charge in [-0.05, 0) is 56.2 Å². The van der Waals surface area contributed by atoms with Crippen LogP contribution in [0, 0.1) is 13.8 Å². The van der Waals surface area contributed by atoms with Gasteiger partial charge in [-0.3, -0.25) is 9.59 Å². The number of anilines is 1. The number of carbonyl (C=O) groups excluding carboxylic acids is 2. The van der Waals surface area contributed by atoms with Crippen molar-refractivity contribution in [3.05, 3.63) is 69.5 Å². The van der Waals surface area contributed by atoms with Crippen LogP contribution < -0.4 is 10.6 Å². The fraction of sp³-hybridized carbons (Fsp3) is 0.273. The maximum Gasteiger partial charge on any atom is 0.251 e. The molecule has 3 aromatic rings. The second kappa shape index (κ2) is 10.6. The van der Waals surface area contributed by atoms with Gasteiger partial charge in [-0.15, -0.1) is 10.2 Å². The Kier molecular flexibility index (Phi) is 7.86. The van der Waals surface area contributed by atoms with Crippen LogP contribution in [0.1, 0.15) is 34.2 Å². The van der Waals surface area contributed by atoms with Crippen LogP contribution in [0.4, 0.5) is 5.69 Å². The van der Waals surface area contributed by atoms with Gasteiger partial charge in [0.15, 0.2) is 11.0 Å². The summed E-state index contributed by atoms with van der Waals surface area (Å²) in [6.07, 6.45) is 0. The summed E-state index contributed by atoms with van der Waals surface area (Å²) in [4.78, 5) is 24.8. The molecule has 0 fully saturated rings. The number of amides is 2. The van der Waals surface area contributed by atoms with E-state index in [1.165, 1.54) is 11.8 Å². The summed E-state index contributed by atoms with van der Waals surface area (Å²) in [7, 11) is 0. The number of aryl methyl sites for hydroxylation is 2. The van der Waals surface area contributed by atoms with Crippen molar-refractivity contribution in [3.63, 3.8) is 0 Å². The largest absolute Gasteiger partial charge is 0.345 e. The highest BCUT2D eigenvalue weighted by Gasteiger charge is 2.15. The molecular weight excluding hydrogens is 478 g/mol. The highest BCUT2D eigenvalue weighted by Crippen LogP contribution is 2.22. The van der Waals surface area contributed by atoms with Crippen molar-refractivity contribution in [1.29, 1.82) is 0 Å². The van der Waals surface area contributed by atoms with Gasteiger partial charge in [0.2, 0.25) is 5.91 Å². The van der Waals surface area contributed by atoms with E-state index in [1.54, 1.807) is 6.07 Å². The monoisotopic (exact) mass is 501 g/mol. The Bertz CT molecular complexity index is 1100. The molecule has 0 unspecified atom stereocenters.